The van der Waals surface area contributed by atoms with Crippen molar-refractivity contribution in [2.75, 3.05) is 11.5 Å². The van der Waals surface area contributed by atoms with Gasteiger partial charge < -0.3 is 20.6 Å². The van der Waals surface area contributed by atoms with Crippen molar-refractivity contribution in [3.63, 3.8) is 0 Å². The summed E-state index contributed by atoms with van der Waals surface area (Å²) < 4.78 is 10.7. The average molecular weight is 284 g/mol. The third-order valence-corrected chi connectivity index (χ3v) is 2.88. The lowest BCUT2D eigenvalue weighted by molar-refractivity contribution is 0.461. The molecule has 0 unspecified atom stereocenters. The fourth-order valence-electron chi connectivity index (χ4n) is 2.00. The molecule has 3 aromatic rings. The number of hydrogen-bond donors (Lipinski definition) is 2. The number of nitrogen functional groups attached to an aromatic ring is 2. The van der Waals surface area contributed by atoms with Crippen molar-refractivity contribution in [2.45, 2.75) is 6.92 Å². The van der Waals surface area contributed by atoms with Gasteiger partial charge in [-0.25, -0.2) is 4.79 Å². The molecule has 0 aliphatic rings. The monoisotopic (exact) mass is 284 g/mol. The van der Waals surface area contributed by atoms with E-state index in [1.54, 1.807) is 18.2 Å². The van der Waals surface area contributed by atoms with Crippen molar-refractivity contribution in [1.29, 1.82) is 0 Å². The quantitative estimate of drug-likeness (QED) is 0.689. The molecule has 7 heteroatoms. The lowest BCUT2D eigenvalue weighted by Gasteiger charge is -2.07. The van der Waals surface area contributed by atoms with Gasteiger partial charge in [0, 0.05) is 23.6 Å². The van der Waals surface area contributed by atoms with Crippen LogP contribution < -0.4 is 21.8 Å². The van der Waals surface area contributed by atoms with Crippen molar-refractivity contribution >= 4 is 22.7 Å². The number of benzene rings is 1. The molecule has 4 N–H and O–H groups in total. The molecule has 0 aliphatic carbocycles. The van der Waals surface area contributed by atoms with Gasteiger partial charge in [0.25, 0.3) is 0 Å². The highest BCUT2D eigenvalue weighted by atomic mass is 16.5. The van der Waals surface area contributed by atoms with Crippen molar-refractivity contribution in [3.8, 4) is 11.6 Å². The maximum absolute atomic E-state index is 11.4. The van der Waals surface area contributed by atoms with E-state index < -0.39 is 5.63 Å². The number of nitrogens with two attached hydrogens (primary N) is 2. The predicted octanol–water partition coefficient (Wildman–Crippen LogP) is 1.85. The molecule has 0 amide bonds. The summed E-state index contributed by atoms with van der Waals surface area (Å²) in [5, 5.41) is 0.837. The van der Waals surface area contributed by atoms with E-state index >= 15 is 0 Å². The van der Waals surface area contributed by atoms with Crippen LogP contribution in [0.15, 0.2) is 39.5 Å². The van der Waals surface area contributed by atoms with Gasteiger partial charge in [0.15, 0.2) is 0 Å². The van der Waals surface area contributed by atoms with Crippen LogP contribution in [0, 0.1) is 6.92 Å². The summed E-state index contributed by atoms with van der Waals surface area (Å²) in [6, 6.07) is 8.04. The Kier molecular flexibility index (Phi) is 2.94. The van der Waals surface area contributed by atoms with E-state index in [-0.39, 0.29) is 17.6 Å². The van der Waals surface area contributed by atoms with E-state index in [1.807, 2.05) is 6.92 Å². The van der Waals surface area contributed by atoms with Gasteiger partial charge in [-0.1, -0.05) is 0 Å². The minimum atomic E-state index is -0.410. The first-order valence-corrected chi connectivity index (χ1v) is 6.14. The molecule has 0 saturated carbocycles. The number of anilines is 2. The molecule has 1 aromatic carbocycles. The molecule has 0 spiro atoms. The Morgan fingerprint density at radius 2 is 1.95 bits per heavy atom. The Hall–Kier alpha value is -3.09. The van der Waals surface area contributed by atoms with Crippen LogP contribution in [-0.2, 0) is 0 Å². The van der Waals surface area contributed by atoms with Gasteiger partial charge in [0.1, 0.15) is 17.2 Å². The molecule has 3 rings (SSSR count). The Morgan fingerprint density at radius 1 is 1.14 bits per heavy atom. The molecule has 0 radical (unpaired) electrons. The molecular formula is C14H12N4O3. The molecule has 2 aromatic heterocycles. The SMILES string of the molecule is Cc1cc(=O)oc2cc(Oc3cc(N)nc(N)n3)ccc12. The third kappa shape index (κ3) is 2.62. The highest BCUT2D eigenvalue weighted by Gasteiger charge is 2.07. The number of aryl methyl sites for hydroxylation is 1. The number of ether oxygens (including phenoxy) is 1. The summed E-state index contributed by atoms with van der Waals surface area (Å²) in [7, 11) is 0. The lowest BCUT2D eigenvalue weighted by atomic mass is 10.1. The van der Waals surface area contributed by atoms with Crippen LogP contribution in [0.25, 0.3) is 11.0 Å². The summed E-state index contributed by atoms with van der Waals surface area (Å²) >= 11 is 0. The maximum atomic E-state index is 11.4. The first-order valence-electron chi connectivity index (χ1n) is 6.14. The van der Waals surface area contributed by atoms with E-state index in [1.165, 1.54) is 12.1 Å². The molecule has 0 fully saturated rings. The van der Waals surface area contributed by atoms with E-state index in [4.69, 9.17) is 20.6 Å². The van der Waals surface area contributed by atoms with Crippen LogP contribution >= 0.6 is 0 Å². The van der Waals surface area contributed by atoms with Crippen molar-refractivity contribution in [2.24, 2.45) is 0 Å². The Bertz CT molecular complexity index is 869. The number of aromatic nitrogens is 2. The van der Waals surface area contributed by atoms with Gasteiger partial charge in [-0.2, -0.15) is 9.97 Å². The van der Waals surface area contributed by atoms with Crippen LogP contribution in [0.1, 0.15) is 5.56 Å². The zero-order valence-electron chi connectivity index (χ0n) is 11.2. The second kappa shape index (κ2) is 4.78. The van der Waals surface area contributed by atoms with Crippen molar-refractivity contribution < 1.29 is 9.15 Å². The molecule has 7 nitrogen and oxygen atoms in total. The fraction of sp³-hybridized carbons (Fsp3) is 0.0714. The third-order valence-electron chi connectivity index (χ3n) is 2.88. The summed E-state index contributed by atoms with van der Waals surface area (Å²) in [5.74, 6) is 0.900. The minimum absolute atomic E-state index is 0.0214. The highest BCUT2D eigenvalue weighted by Crippen LogP contribution is 2.26. The highest BCUT2D eigenvalue weighted by molar-refractivity contribution is 5.81. The predicted molar refractivity (Wildman–Crippen MR) is 78.2 cm³/mol. The van der Waals surface area contributed by atoms with Gasteiger partial charge in [0.05, 0.1) is 0 Å². The second-order valence-corrected chi connectivity index (χ2v) is 4.50. The van der Waals surface area contributed by atoms with Crippen LogP contribution in [0.3, 0.4) is 0 Å². The molecule has 0 atom stereocenters. The van der Waals surface area contributed by atoms with Gasteiger partial charge in [-0.05, 0) is 24.6 Å². The zero-order chi connectivity index (χ0) is 15.0. The van der Waals surface area contributed by atoms with Crippen molar-refractivity contribution in [1.82, 2.24) is 9.97 Å². The van der Waals surface area contributed by atoms with Crippen LogP contribution in [0.5, 0.6) is 11.6 Å². The number of fused-ring (bicyclic) bond motifs is 1. The second-order valence-electron chi connectivity index (χ2n) is 4.50. The van der Waals surface area contributed by atoms with Crippen molar-refractivity contribution in [3.05, 3.63) is 46.3 Å². The lowest BCUT2D eigenvalue weighted by Crippen LogP contribution is -2.01. The summed E-state index contributed by atoms with van der Waals surface area (Å²) in [6.07, 6.45) is 0. The summed E-state index contributed by atoms with van der Waals surface area (Å²) in [5.41, 5.74) is 11.9. The normalized spacial score (nSPS) is 10.7. The number of rotatable bonds is 2. The van der Waals surface area contributed by atoms with Crippen LogP contribution in [0.2, 0.25) is 0 Å². The zero-order valence-corrected chi connectivity index (χ0v) is 11.2. The molecule has 106 valence electrons. The molecular weight excluding hydrogens is 272 g/mol. The first kappa shape index (κ1) is 12.9. The van der Waals surface area contributed by atoms with E-state index in [2.05, 4.69) is 9.97 Å². The van der Waals surface area contributed by atoms with Gasteiger partial charge in [-0.3, -0.25) is 0 Å². The fourth-order valence-corrected chi connectivity index (χ4v) is 2.00. The van der Waals surface area contributed by atoms with Gasteiger partial charge >= 0.3 is 5.63 Å². The van der Waals surface area contributed by atoms with E-state index in [9.17, 15) is 4.79 Å². The number of hydrogen-bond acceptors (Lipinski definition) is 7. The van der Waals surface area contributed by atoms with E-state index in [0.29, 0.717) is 11.3 Å². The van der Waals surface area contributed by atoms with Gasteiger partial charge in [-0.15, -0.1) is 0 Å². The summed E-state index contributed by atoms with van der Waals surface area (Å²) in [4.78, 5) is 19.1. The largest absolute Gasteiger partial charge is 0.439 e. The van der Waals surface area contributed by atoms with Crippen LogP contribution in [-0.4, -0.2) is 9.97 Å². The molecule has 21 heavy (non-hydrogen) atoms. The topological polar surface area (TPSA) is 117 Å². The maximum Gasteiger partial charge on any atom is 0.336 e. The molecule has 0 bridgehead atoms. The van der Waals surface area contributed by atoms with Crippen LogP contribution in [0.4, 0.5) is 11.8 Å². The Balaban J connectivity index is 2.03. The summed E-state index contributed by atoms with van der Waals surface area (Å²) in [6.45, 7) is 1.84. The van der Waals surface area contributed by atoms with Gasteiger partial charge in [0.2, 0.25) is 11.8 Å². The Morgan fingerprint density at radius 3 is 2.71 bits per heavy atom. The average Bonchev–Trinajstić information content (AvgIpc) is 2.36. The standard InChI is InChI=1S/C14H12N4O3/c1-7-4-13(19)21-10-5-8(2-3-9(7)10)20-12-6-11(15)17-14(16)18-12/h2-6H,1H3,(H4,15,16,17,18). The van der Waals surface area contributed by atoms with E-state index in [0.717, 1.165) is 10.9 Å². The molecule has 0 aliphatic heterocycles. The molecule has 0 saturated heterocycles. The molecule has 2 heterocycles. The smallest absolute Gasteiger partial charge is 0.336 e. The number of nitrogens with zero attached hydrogens (tertiary/aromatic N) is 2. The Labute approximate surface area is 119 Å². The minimum Gasteiger partial charge on any atom is -0.439 e. The first-order chi connectivity index (χ1) is 10.0.